The van der Waals surface area contributed by atoms with Crippen LogP contribution in [-0.2, 0) is 14.3 Å². The van der Waals surface area contributed by atoms with Crippen LogP contribution in [0.15, 0.2) is 22.5 Å². The van der Waals surface area contributed by atoms with Gasteiger partial charge in [-0.05, 0) is 24.6 Å². The van der Waals surface area contributed by atoms with Crippen LogP contribution in [-0.4, -0.2) is 60.3 Å². The number of nitrogens with zero attached hydrogens (tertiary/aromatic N) is 1. The van der Waals surface area contributed by atoms with Crippen molar-refractivity contribution in [1.82, 2.24) is 20.9 Å². The number of rotatable bonds is 6. The first kappa shape index (κ1) is 19.2. The monoisotopic (exact) mass is 420 g/mol. The summed E-state index contributed by atoms with van der Waals surface area (Å²) in [6.45, 7) is 1.73. The van der Waals surface area contributed by atoms with Crippen molar-refractivity contribution in [1.29, 1.82) is 0 Å². The SMILES string of the molecule is O=C1CC(NC(=O)c2ccc3nc(SCC(=O)NC4CCOC4)sc3c2)CN1. The van der Waals surface area contributed by atoms with Gasteiger partial charge < -0.3 is 20.7 Å². The number of nitrogens with one attached hydrogen (secondary N) is 3. The van der Waals surface area contributed by atoms with Crippen molar-refractivity contribution >= 4 is 51.0 Å². The summed E-state index contributed by atoms with van der Waals surface area (Å²) in [4.78, 5) is 40.2. The smallest absolute Gasteiger partial charge is 0.251 e. The van der Waals surface area contributed by atoms with Crippen LogP contribution in [0.2, 0.25) is 0 Å². The van der Waals surface area contributed by atoms with Gasteiger partial charge in [0, 0.05) is 25.1 Å². The maximum Gasteiger partial charge on any atom is 0.251 e. The molecule has 3 heterocycles. The largest absolute Gasteiger partial charge is 0.379 e. The highest BCUT2D eigenvalue weighted by atomic mass is 32.2. The van der Waals surface area contributed by atoms with Crippen LogP contribution >= 0.6 is 23.1 Å². The van der Waals surface area contributed by atoms with Gasteiger partial charge in [-0.15, -0.1) is 11.3 Å². The number of ether oxygens (including phenoxy) is 1. The minimum Gasteiger partial charge on any atom is -0.379 e. The molecular weight excluding hydrogens is 400 g/mol. The van der Waals surface area contributed by atoms with Crippen LogP contribution in [0.3, 0.4) is 0 Å². The lowest BCUT2D eigenvalue weighted by molar-refractivity contribution is -0.120. The number of thiazole rings is 1. The van der Waals surface area contributed by atoms with Crippen molar-refractivity contribution in [3.63, 3.8) is 0 Å². The third-order valence-corrected chi connectivity index (χ3v) is 6.73. The Labute approximate surface area is 169 Å². The van der Waals surface area contributed by atoms with E-state index >= 15 is 0 Å². The van der Waals surface area contributed by atoms with Gasteiger partial charge in [-0.1, -0.05) is 11.8 Å². The lowest BCUT2D eigenvalue weighted by Gasteiger charge is -2.10. The van der Waals surface area contributed by atoms with Crippen molar-refractivity contribution in [2.24, 2.45) is 0 Å². The molecule has 0 saturated carbocycles. The molecule has 0 aliphatic carbocycles. The Kier molecular flexibility index (Phi) is 5.79. The Morgan fingerprint density at radius 3 is 2.96 bits per heavy atom. The number of fused-ring (bicyclic) bond motifs is 1. The minimum atomic E-state index is -0.204. The molecule has 2 unspecified atom stereocenters. The molecule has 2 saturated heterocycles. The Morgan fingerprint density at radius 1 is 1.32 bits per heavy atom. The van der Waals surface area contributed by atoms with E-state index in [0.29, 0.717) is 37.5 Å². The Morgan fingerprint density at radius 2 is 2.21 bits per heavy atom. The zero-order chi connectivity index (χ0) is 19.5. The quantitative estimate of drug-likeness (QED) is 0.600. The number of aromatic nitrogens is 1. The van der Waals surface area contributed by atoms with Gasteiger partial charge in [-0.25, -0.2) is 4.98 Å². The van der Waals surface area contributed by atoms with E-state index in [9.17, 15) is 14.4 Å². The van der Waals surface area contributed by atoms with E-state index in [0.717, 1.165) is 21.0 Å². The second-order valence-electron chi connectivity index (χ2n) is 6.76. The van der Waals surface area contributed by atoms with E-state index in [-0.39, 0.29) is 29.8 Å². The molecular formula is C18H20N4O4S2. The van der Waals surface area contributed by atoms with E-state index in [1.807, 2.05) is 0 Å². The van der Waals surface area contributed by atoms with Gasteiger partial charge in [0.05, 0.1) is 34.7 Å². The maximum absolute atomic E-state index is 12.4. The Bertz CT molecular complexity index is 910. The van der Waals surface area contributed by atoms with Gasteiger partial charge in [0.1, 0.15) is 0 Å². The van der Waals surface area contributed by atoms with E-state index in [1.54, 1.807) is 18.2 Å². The summed E-state index contributed by atoms with van der Waals surface area (Å²) in [6.07, 6.45) is 1.16. The summed E-state index contributed by atoms with van der Waals surface area (Å²) in [6, 6.07) is 5.26. The fourth-order valence-corrected chi connectivity index (χ4v) is 5.05. The molecule has 2 aliphatic rings. The van der Waals surface area contributed by atoms with Crippen molar-refractivity contribution in [2.75, 3.05) is 25.5 Å². The van der Waals surface area contributed by atoms with Crippen molar-refractivity contribution < 1.29 is 19.1 Å². The zero-order valence-corrected chi connectivity index (χ0v) is 16.7. The number of benzene rings is 1. The molecule has 3 N–H and O–H groups in total. The summed E-state index contributed by atoms with van der Waals surface area (Å²) in [5, 5.41) is 8.52. The number of hydrogen-bond acceptors (Lipinski definition) is 7. The van der Waals surface area contributed by atoms with Gasteiger partial charge >= 0.3 is 0 Å². The molecule has 1 aromatic heterocycles. The standard InChI is InChI=1S/C18H20N4O4S2/c23-15-6-12(7-19-15)21-17(25)10-1-2-13-14(5-10)28-18(22-13)27-9-16(24)20-11-3-4-26-8-11/h1-2,5,11-12H,3-4,6-9H2,(H,19,23)(H,20,24)(H,21,25). The van der Waals surface area contributed by atoms with Crippen molar-refractivity contribution in [2.45, 2.75) is 29.3 Å². The molecule has 2 aromatic rings. The average Bonchev–Trinajstić information content (AvgIpc) is 3.40. The maximum atomic E-state index is 12.4. The van der Waals surface area contributed by atoms with Gasteiger partial charge in [-0.3, -0.25) is 14.4 Å². The average molecular weight is 421 g/mol. The molecule has 4 rings (SSSR count). The van der Waals surface area contributed by atoms with Crippen molar-refractivity contribution in [3.05, 3.63) is 23.8 Å². The first-order valence-corrected chi connectivity index (χ1v) is 10.8. The first-order chi connectivity index (χ1) is 13.6. The Hall–Kier alpha value is -2.17. The van der Waals surface area contributed by atoms with Gasteiger partial charge in [0.2, 0.25) is 11.8 Å². The molecule has 148 valence electrons. The van der Waals surface area contributed by atoms with Crippen LogP contribution in [0.25, 0.3) is 10.2 Å². The summed E-state index contributed by atoms with van der Waals surface area (Å²) < 4.78 is 6.93. The van der Waals surface area contributed by atoms with Crippen LogP contribution < -0.4 is 16.0 Å². The van der Waals surface area contributed by atoms with Gasteiger partial charge in [0.25, 0.3) is 5.91 Å². The summed E-state index contributed by atoms with van der Waals surface area (Å²) in [5.74, 6) is 0.0184. The number of carbonyl (C=O) groups is 3. The fourth-order valence-electron chi connectivity index (χ4n) is 3.13. The van der Waals surface area contributed by atoms with E-state index < -0.39 is 0 Å². The number of hydrogen-bond donors (Lipinski definition) is 3. The minimum absolute atomic E-state index is 0.0282. The summed E-state index contributed by atoms with van der Waals surface area (Å²) in [5.41, 5.74) is 1.33. The van der Waals surface area contributed by atoms with Crippen LogP contribution in [0.4, 0.5) is 0 Å². The normalized spacial score (nSPS) is 21.6. The number of thioether (sulfide) groups is 1. The zero-order valence-electron chi connectivity index (χ0n) is 15.0. The van der Waals surface area contributed by atoms with Gasteiger partial charge in [0.15, 0.2) is 4.34 Å². The second kappa shape index (κ2) is 8.46. The van der Waals surface area contributed by atoms with Crippen LogP contribution in [0, 0.1) is 0 Å². The molecule has 0 spiro atoms. The molecule has 2 aliphatic heterocycles. The summed E-state index contributed by atoms with van der Waals surface area (Å²) in [7, 11) is 0. The van der Waals surface area contributed by atoms with E-state index in [1.165, 1.54) is 23.1 Å². The molecule has 10 heteroatoms. The molecule has 0 radical (unpaired) electrons. The van der Waals surface area contributed by atoms with Gasteiger partial charge in [-0.2, -0.15) is 0 Å². The third-order valence-electron chi connectivity index (χ3n) is 4.57. The lowest BCUT2D eigenvalue weighted by Crippen LogP contribution is -2.36. The van der Waals surface area contributed by atoms with E-state index in [2.05, 4.69) is 20.9 Å². The number of amides is 3. The highest BCUT2D eigenvalue weighted by Gasteiger charge is 2.23. The second-order valence-corrected chi connectivity index (χ2v) is 9.01. The molecule has 8 nitrogen and oxygen atoms in total. The highest BCUT2D eigenvalue weighted by molar-refractivity contribution is 8.01. The van der Waals surface area contributed by atoms with Crippen LogP contribution in [0.5, 0.6) is 0 Å². The number of carbonyl (C=O) groups excluding carboxylic acids is 3. The third kappa shape index (κ3) is 4.62. The molecule has 2 atom stereocenters. The first-order valence-electron chi connectivity index (χ1n) is 9.05. The topological polar surface area (TPSA) is 109 Å². The highest BCUT2D eigenvalue weighted by Crippen LogP contribution is 2.30. The molecule has 28 heavy (non-hydrogen) atoms. The van der Waals surface area contributed by atoms with Crippen LogP contribution in [0.1, 0.15) is 23.2 Å². The molecule has 1 aromatic carbocycles. The van der Waals surface area contributed by atoms with Crippen molar-refractivity contribution in [3.8, 4) is 0 Å². The predicted molar refractivity (Wildman–Crippen MR) is 107 cm³/mol. The lowest BCUT2D eigenvalue weighted by atomic mass is 10.1. The Balaban J connectivity index is 1.35. The summed E-state index contributed by atoms with van der Waals surface area (Å²) >= 11 is 2.84. The predicted octanol–water partition coefficient (Wildman–Crippen LogP) is 0.912. The molecule has 2 fully saturated rings. The van der Waals surface area contributed by atoms with E-state index in [4.69, 9.17) is 4.74 Å². The fraction of sp³-hybridized carbons (Fsp3) is 0.444. The molecule has 0 bridgehead atoms. The molecule has 3 amide bonds.